The third-order valence-electron chi connectivity index (χ3n) is 3.43. The molecule has 0 fully saturated rings. The summed E-state index contributed by atoms with van der Waals surface area (Å²) in [5.74, 6) is -3.91. The summed E-state index contributed by atoms with van der Waals surface area (Å²) in [4.78, 5) is 35.5. The van der Waals surface area contributed by atoms with Gasteiger partial charge in [-0.2, -0.15) is 0 Å². The first-order valence-corrected chi connectivity index (χ1v) is 6.53. The number of aliphatic carboxylic acids is 1. The van der Waals surface area contributed by atoms with Crippen molar-refractivity contribution in [3.8, 4) is 0 Å². The minimum Gasteiger partial charge on any atom is -0.550 e. The first-order chi connectivity index (χ1) is 10.3. The van der Waals surface area contributed by atoms with Gasteiger partial charge in [-0.25, -0.2) is 4.39 Å². The minimum atomic E-state index is -1.36. The van der Waals surface area contributed by atoms with E-state index in [-0.39, 0.29) is 12.1 Å². The fraction of sp³-hybridized carbons (Fsp3) is 0.267. The van der Waals surface area contributed by atoms with Crippen LogP contribution in [0.2, 0.25) is 0 Å². The maximum atomic E-state index is 13.0. The summed E-state index contributed by atoms with van der Waals surface area (Å²) in [6.45, 7) is 0.960. The van der Waals surface area contributed by atoms with E-state index in [4.69, 9.17) is 0 Å². The molecule has 0 spiro atoms. The molecule has 1 amide bonds. The second-order valence-corrected chi connectivity index (χ2v) is 4.89. The van der Waals surface area contributed by atoms with Crippen LogP contribution in [0.1, 0.15) is 24.9 Å². The Labute approximate surface area is 125 Å². The van der Waals surface area contributed by atoms with Crippen molar-refractivity contribution in [3.05, 3.63) is 47.0 Å². The van der Waals surface area contributed by atoms with Crippen LogP contribution in [0.15, 0.2) is 35.6 Å². The number of rotatable bonds is 5. The number of carbonyl (C=O) groups is 3. The van der Waals surface area contributed by atoms with Gasteiger partial charge < -0.3 is 19.9 Å². The lowest BCUT2D eigenvalue weighted by Crippen LogP contribution is -2.35. The van der Waals surface area contributed by atoms with Gasteiger partial charge in [0.15, 0.2) is 11.5 Å². The summed E-state index contributed by atoms with van der Waals surface area (Å²) in [5, 5.41) is 20.5. The van der Waals surface area contributed by atoms with E-state index < -0.39 is 41.7 Å². The molecule has 6 nitrogen and oxygen atoms in total. The van der Waals surface area contributed by atoms with Crippen molar-refractivity contribution in [1.82, 2.24) is 4.90 Å². The van der Waals surface area contributed by atoms with Gasteiger partial charge >= 0.3 is 0 Å². The molecule has 0 aliphatic carbocycles. The van der Waals surface area contributed by atoms with Crippen LogP contribution in [0.4, 0.5) is 4.39 Å². The number of Topliss-reactive ketones (excluding diaryl/α,β-unsaturated/α-hetero) is 1. The SMILES string of the molecule is CC(=O)C1=C(O)C(=O)N(CCC(=O)[O-])[C@H]1c1ccc(F)cc1. The molecule has 1 heterocycles. The van der Waals surface area contributed by atoms with Crippen molar-refractivity contribution in [2.24, 2.45) is 0 Å². The van der Waals surface area contributed by atoms with E-state index >= 15 is 0 Å². The molecule has 0 aromatic heterocycles. The summed E-state index contributed by atoms with van der Waals surface area (Å²) in [5.41, 5.74) is 0.275. The number of carboxylic acid groups (broad SMARTS) is 1. The highest BCUT2D eigenvalue weighted by atomic mass is 19.1. The van der Waals surface area contributed by atoms with E-state index in [1.165, 1.54) is 19.1 Å². The third kappa shape index (κ3) is 2.83. The third-order valence-corrected chi connectivity index (χ3v) is 3.43. The fourth-order valence-corrected chi connectivity index (χ4v) is 2.45. The van der Waals surface area contributed by atoms with Gasteiger partial charge in [0.2, 0.25) is 0 Å². The number of hydrogen-bond donors (Lipinski definition) is 1. The number of nitrogens with zero attached hydrogens (tertiary/aromatic N) is 1. The smallest absolute Gasteiger partial charge is 0.290 e. The van der Waals surface area contributed by atoms with Crippen LogP contribution < -0.4 is 5.11 Å². The number of carbonyl (C=O) groups excluding carboxylic acids is 3. The second-order valence-electron chi connectivity index (χ2n) is 4.89. The van der Waals surface area contributed by atoms with E-state index in [1.807, 2.05) is 0 Å². The van der Waals surface area contributed by atoms with Crippen LogP contribution in [0.3, 0.4) is 0 Å². The maximum absolute atomic E-state index is 13.0. The van der Waals surface area contributed by atoms with Crippen molar-refractivity contribution < 1.29 is 29.0 Å². The van der Waals surface area contributed by atoms with Crippen molar-refractivity contribution in [3.63, 3.8) is 0 Å². The van der Waals surface area contributed by atoms with Gasteiger partial charge in [0.1, 0.15) is 5.82 Å². The molecule has 0 saturated heterocycles. The Bertz CT molecular complexity index is 665. The van der Waals surface area contributed by atoms with Gasteiger partial charge in [-0.15, -0.1) is 0 Å². The van der Waals surface area contributed by atoms with E-state index in [0.29, 0.717) is 5.56 Å². The average molecular weight is 306 g/mol. The van der Waals surface area contributed by atoms with Crippen LogP contribution in [0.5, 0.6) is 0 Å². The van der Waals surface area contributed by atoms with Crippen LogP contribution in [-0.4, -0.2) is 34.2 Å². The number of carboxylic acids is 1. The average Bonchev–Trinajstić information content (AvgIpc) is 2.70. The Morgan fingerprint density at radius 1 is 1.32 bits per heavy atom. The predicted molar refractivity (Wildman–Crippen MR) is 70.8 cm³/mol. The summed E-state index contributed by atoms with van der Waals surface area (Å²) in [7, 11) is 0. The minimum absolute atomic E-state index is 0.130. The Kier molecular flexibility index (Phi) is 4.25. The molecule has 1 atom stereocenters. The molecule has 0 unspecified atom stereocenters. The largest absolute Gasteiger partial charge is 0.550 e. The topological polar surface area (TPSA) is 97.7 Å². The monoisotopic (exact) mass is 306 g/mol. The van der Waals surface area contributed by atoms with Gasteiger partial charge in [-0.1, -0.05) is 12.1 Å². The second kappa shape index (κ2) is 5.97. The van der Waals surface area contributed by atoms with E-state index in [0.717, 1.165) is 17.0 Å². The number of amides is 1. The number of aliphatic hydroxyl groups excluding tert-OH is 1. The predicted octanol–water partition coefficient (Wildman–Crippen LogP) is 0.250. The number of aliphatic hydroxyl groups is 1. The number of hydrogen-bond acceptors (Lipinski definition) is 5. The fourth-order valence-electron chi connectivity index (χ4n) is 2.45. The van der Waals surface area contributed by atoms with Gasteiger partial charge in [-0.3, -0.25) is 9.59 Å². The van der Waals surface area contributed by atoms with Crippen molar-refractivity contribution in [2.75, 3.05) is 6.54 Å². The van der Waals surface area contributed by atoms with Crippen LogP contribution in [-0.2, 0) is 14.4 Å². The van der Waals surface area contributed by atoms with Gasteiger partial charge in [0, 0.05) is 18.9 Å². The molecule has 1 aliphatic rings. The zero-order valence-electron chi connectivity index (χ0n) is 11.7. The molecule has 1 N–H and O–H groups in total. The molecule has 1 aliphatic heterocycles. The van der Waals surface area contributed by atoms with Gasteiger partial charge in [0.05, 0.1) is 11.6 Å². The molecule has 1 aromatic rings. The summed E-state index contributed by atoms with van der Waals surface area (Å²) < 4.78 is 13.0. The standard InChI is InChI=1S/C15H14FNO5/c1-8(18)12-13(9-2-4-10(16)5-3-9)17(7-6-11(19)20)15(22)14(12)21/h2-5,13,21H,6-7H2,1H3,(H,19,20)/p-1/t13-/m0/s1. The van der Waals surface area contributed by atoms with Gasteiger partial charge in [-0.05, 0) is 24.6 Å². The lowest BCUT2D eigenvalue weighted by molar-refractivity contribution is -0.305. The van der Waals surface area contributed by atoms with Crippen molar-refractivity contribution in [2.45, 2.75) is 19.4 Å². The lowest BCUT2D eigenvalue weighted by Gasteiger charge is -2.26. The number of benzene rings is 1. The highest BCUT2D eigenvalue weighted by molar-refractivity contribution is 6.08. The molecule has 0 bridgehead atoms. The van der Waals surface area contributed by atoms with Crippen LogP contribution >= 0.6 is 0 Å². The van der Waals surface area contributed by atoms with Crippen LogP contribution in [0, 0.1) is 5.82 Å². The first-order valence-electron chi connectivity index (χ1n) is 6.53. The Morgan fingerprint density at radius 2 is 1.91 bits per heavy atom. The quantitative estimate of drug-likeness (QED) is 0.841. The Balaban J connectivity index is 2.45. The van der Waals surface area contributed by atoms with Crippen molar-refractivity contribution >= 4 is 17.7 Å². The van der Waals surface area contributed by atoms with Crippen LogP contribution in [0.25, 0.3) is 0 Å². The zero-order valence-corrected chi connectivity index (χ0v) is 11.7. The summed E-state index contributed by atoms with van der Waals surface area (Å²) in [6.07, 6.45) is -0.443. The number of ketones is 1. The summed E-state index contributed by atoms with van der Waals surface area (Å²) in [6, 6.07) is 4.13. The van der Waals surface area contributed by atoms with Crippen molar-refractivity contribution in [1.29, 1.82) is 0 Å². The van der Waals surface area contributed by atoms with E-state index in [9.17, 15) is 29.0 Å². The molecule has 116 valence electrons. The molecule has 7 heteroatoms. The van der Waals surface area contributed by atoms with E-state index in [1.54, 1.807) is 0 Å². The molecule has 2 rings (SSSR count). The Morgan fingerprint density at radius 3 is 2.41 bits per heavy atom. The molecular formula is C15H13FNO5-. The molecule has 0 radical (unpaired) electrons. The first kappa shape index (κ1) is 15.7. The highest BCUT2D eigenvalue weighted by Crippen LogP contribution is 2.37. The lowest BCUT2D eigenvalue weighted by atomic mass is 9.96. The molecule has 22 heavy (non-hydrogen) atoms. The highest BCUT2D eigenvalue weighted by Gasteiger charge is 2.41. The normalized spacial score (nSPS) is 18.0. The Hall–Kier alpha value is -2.70. The van der Waals surface area contributed by atoms with Gasteiger partial charge in [0.25, 0.3) is 5.91 Å². The molecule has 0 saturated carbocycles. The number of halogens is 1. The molecule has 1 aromatic carbocycles. The molecular weight excluding hydrogens is 293 g/mol. The summed E-state index contributed by atoms with van der Waals surface area (Å²) >= 11 is 0. The zero-order chi connectivity index (χ0) is 16.4. The van der Waals surface area contributed by atoms with E-state index in [2.05, 4.69) is 0 Å². The maximum Gasteiger partial charge on any atom is 0.290 e.